The maximum atomic E-state index is 11.1. The standard InChI is InChI=1S/C9H18N2O4Si/c1-9(2,3)14-7(12)10-11-8(13)15-16(4,5)6/h1-6H3. The molecular formula is C9H18N2O4Si. The predicted molar refractivity (Wildman–Crippen MR) is 60.9 cm³/mol. The first-order valence-corrected chi connectivity index (χ1v) is 8.28. The van der Waals surface area contributed by atoms with Gasteiger partial charge in [0, 0.05) is 0 Å². The van der Waals surface area contributed by atoms with Crippen LogP contribution in [0.15, 0.2) is 10.2 Å². The van der Waals surface area contributed by atoms with Crippen molar-refractivity contribution in [1.82, 2.24) is 0 Å². The molecule has 0 spiro atoms. The molecule has 0 rings (SSSR count). The van der Waals surface area contributed by atoms with Gasteiger partial charge in [-0.2, -0.15) is 0 Å². The number of rotatable bonds is 1. The molecule has 0 aliphatic carbocycles. The van der Waals surface area contributed by atoms with Gasteiger partial charge >= 0.3 is 12.2 Å². The quantitative estimate of drug-likeness (QED) is 0.525. The Hall–Kier alpha value is -1.24. The van der Waals surface area contributed by atoms with E-state index in [0.29, 0.717) is 0 Å². The molecule has 7 heteroatoms. The Kier molecular flexibility index (Phi) is 4.79. The van der Waals surface area contributed by atoms with E-state index < -0.39 is 26.1 Å². The van der Waals surface area contributed by atoms with E-state index in [9.17, 15) is 9.59 Å². The van der Waals surface area contributed by atoms with Crippen LogP contribution in [0.4, 0.5) is 9.59 Å². The summed E-state index contributed by atoms with van der Waals surface area (Å²) in [5, 5.41) is 6.22. The number of carbonyl (C=O) groups is 2. The Morgan fingerprint density at radius 2 is 1.44 bits per heavy atom. The molecule has 0 heterocycles. The Balaban J connectivity index is 4.20. The van der Waals surface area contributed by atoms with Crippen molar-refractivity contribution in [3.05, 3.63) is 0 Å². The number of hydrogen-bond acceptors (Lipinski definition) is 4. The summed E-state index contributed by atoms with van der Waals surface area (Å²) in [5.74, 6) is 0. The summed E-state index contributed by atoms with van der Waals surface area (Å²) in [6.07, 6.45) is -1.76. The lowest BCUT2D eigenvalue weighted by molar-refractivity contribution is 0.0588. The van der Waals surface area contributed by atoms with Crippen LogP contribution in [0, 0.1) is 0 Å². The van der Waals surface area contributed by atoms with Crippen LogP contribution in [-0.2, 0) is 9.16 Å². The highest BCUT2D eigenvalue weighted by molar-refractivity contribution is 6.71. The first kappa shape index (κ1) is 14.8. The van der Waals surface area contributed by atoms with Gasteiger partial charge in [-0.3, -0.25) is 0 Å². The van der Waals surface area contributed by atoms with Gasteiger partial charge in [0.1, 0.15) is 5.60 Å². The molecule has 6 nitrogen and oxygen atoms in total. The van der Waals surface area contributed by atoms with Crippen LogP contribution in [0.25, 0.3) is 0 Å². The molecule has 0 aromatic rings. The van der Waals surface area contributed by atoms with E-state index in [1.807, 2.05) is 19.6 Å². The highest BCUT2D eigenvalue weighted by Crippen LogP contribution is 2.09. The third-order valence-electron chi connectivity index (χ3n) is 1.00. The van der Waals surface area contributed by atoms with Crippen molar-refractivity contribution in [3.8, 4) is 0 Å². The number of hydrogen-bond donors (Lipinski definition) is 0. The zero-order valence-corrected chi connectivity index (χ0v) is 11.5. The van der Waals surface area contributed by atoms with Crippen LogP contribution in [0.2, 0.25) is 19.6 Å². The van der Waals surface area contributed by atoms with Gasteiger partial charge in [-0.15, -0.1) is 0 Å². The van der Waals surface area contributed by atoms with Crippen LogP contribution in [0.3, 0.4) is 0 Å². The number of ether oxygens (including phenoxy) is 1. The van der Waals surface area contributed by atoms with Gasteiger partial charge in [0.15, 0.2) is 0 Å². The molecular weight excluding hydrogens is 228 g/mol. The lowest BCUT2D eigenvalue weighted by Crippen LogP contribution is -2.27. The Morgan fingerprint density at radius 1 is 1.00 bits per heavy atom. The normalized spacial score (nSPS) is 12.6. The van der Waals surface area contributed by atoms with Crippen molar-refractivity contribution >= 4 is 20.5 Å². The second-order valence-corrected chi connectivity index (χ2v) is 9.59. The third-order valence-corrected chi connectivity index (χ3v) is 1.79. The Bertz CT molecular complexity index is 272. The van der Waals surface area contributed by atoms with Gasteiger partial charge in [0.2, 0.25) is 8.32 Å². The fraction of sp³-hybridized carbons (Fsp3) is 0.778. The molecule has 0 radical (unpaired) electrons. The van der Waals surface area contributed by atoms with Gasteiger partial charge in [-0.1, -0.05) is 10.2 Å². The van der Waals surface area contributed by atoms with Crippen molar-refractivity contribution in [3.63, 3.8) is 0 Å². The first-order valence-electron chi connectivity index (χ1n) is 4.87. The van der Waals surface area contributed by atoms with E-state index in [4.69, 9.17) is 9.16 Å². The van der Waals surface area contributed by atoms with Crippen LogP contribution < -0.4 is 0 Å². The molecule has 0 N–H and O–H groups in total. The summed E-state index contributed by atoms with van der Waals surface area (Å²) in [6.45, 7) is 10.6. The Labute approximate surface area is 96.2 Å². The van der Waals surface area contributed by atoms with E-state index >= 15 is 0 Å². The third kappa shape index (κ3) is 9.32. The second-order valence-electron chi connectivity index (χ2n) is 5.16. The molecule has 0 aliphatic rings. The van der Waals surface area contributed by atoms with Crippen LogP contribution in [0.1, 0.15) is 20.8 Å². The first-order chi connectivity index (χ1) is 6.99. The summed E-state index contributed by atoms with van der Waals surface area (Å²) in [7, 11) is -1.99. The van der Waals surface area contributed by atoms with Crippen LogP contribution >= 0.6 is 0 Å². The largest absolute Gasteiger partial charge is 0.502 e. The molecule has 0 aliphatic heterocycles. The molecule has 2 amide bonds. The number of azo groups is 1. The topological polar surface area (TPSA) is 77.3 Å². The molecule has 0 saturated carbocycles. The lowest BCUT2D eigenvalue weighted by atomic mass is 10.2. The molecule has 0 atom stereocenters. The van der Waals surface area contributed by atoms with Crippen LogP contribution in [-0.4, -0.2) is 26.1 Å². The zero-order chi connectivity index (χ0) is 13.0. The fourth-order valence-electron chi connectivity index (χ4n) is 0.646. The minimum atomic E-state index is -1.99. The van der Waals surface area contributed by atoms with Crippen molar-refractivity contribution in [1.29, 1.82) is 0 Å². The van der Waals surface area contributed by atoms with Crippen molar-refractivity contribution < 1.29 is 18.8 Å². The Morgan fingerprint density at radius 3 is 1.81 bits per heavy atom. The highest BCUT2D eigenvalue weighted by atomic mass is 28.4. The molecule has 0 fully saturated rings. The maximum absolute atomic E-state index is 11.1. The number of nitrogens with zero attached hydrogens (tertiary/aromatic N) is 2. The van der Waals surface area contributed by atoms with E-state index in [-0.39, 0.29) is 0 Å². The van der Waals surface area contributed by atoms with Gasteiger partial charge < -0.3 is 9.16 Å². The van der Waals surface area contributed by atoms with E-state index in [1.165, 1.54) is 0 Å². The SMILES string of the molecule is CC(C)(C)OC(=O)N=NC(=O)O[Si](C)(C)C. The summed E-state index contributed by atoms with van der Waals surface area (Å²) >= 11 is 0. The van der Waals surface area contributed by atoms with Crippen LogP contribution in [0.5, 0.6) is 0 Å². The molecule has 0 aromatic heterocycles. The van der Waals surface area contributed by atoms with Crippen molar-refractivity contribution in [2.24, 2.45) is 10.2 Å². The van der Waals surface area contributed by atoms with E-state index in [1.54, 1.807) is 20.8 Å². The summed E-state index contributed by atoms with van der Waals surface area (Å²) in [4.78, 5) is 22.1. The molecule has 16 heavy (non-hydrogen) atoms. The lowest BCUT2D eigenvalue weighted by Gasteiger charge is -2.17. The van der Waals surface area contributed by atoms with E-state index in [2.05, 4.69) is 10.2 Å². The molecule has 0 unspecified atom stereocenters. The average Bonchev–Trinajstić information content (AvgIpc) is 1.94. The second kappa shape index (κ2) is 5.20. The van der Waals surface area contributed by atoms with Gasteiger partial charge in [-0.05, 0) is 40.4 Å². The number of amides is 2. The summed E-state index contributed by atoms with van der Waals surface area (Å²) in [6, 6.07) is 0. The minimum absolute atomic E-state index is 0.654. The van der Waals surface area contributed by atoms with Crippen molar-refractivity contribution in [2.75, 3.05) is 0 Å². The van der Waals surface area contributed by atoms with Gasteiger partial charge in [0.25, 0.3) is 0 Å². The van der Waals surface area contributed by atoms with Crippen molar-refractivity contribution in [2.45, 2.75) is 46.0 Å². The predicted octanol–water partition coefficient (Wildman–Crippen LogP) is 3.35. The molecule has 92 valence electrons. The monoisotopic (exact) mass is 246 g/mol. The zero-order valence-electron chi connectivity index (χ0n) is 10.5. The smallest absolute Gasteiger partial charge is 0.453 e. The molecule has 0 bridgehead atoms. The molecule has 0 saturated heterocycles. The van der Waals surface area contributed by atoms with Gasteiger partial charge in [-0.25, -0.2) is 9.59 Å². The average molecular weight is 246 g/mol. The van der Waals surface area contributed by atoms with E-state index in [0.717, 1.165) is 0 Å². The minimum Gasteiger partial charge on any atom is -0.502 e. The summed E-state index contributed by atoms with van der Waals surface area (Å²) in [5.41, 5.74) is -0.654. The maximum Gasteiger partial charge on any atom is 0.453 e. The summed E-state index contributed by atoms with van der Waals surface area (Å²) < 4.78 is 9.77. The number of carbonyl (C=O) groups excluding carboxylic acids is 2. The molecule has 0 aromatic carbocycles. The fourth-order valence-corrected chi connectivity index (χ4v) is 1.21. The van der Waals surface area contributed by atoms with Gasteiger partial charge in [0.05, 0.1) is 0 Å². The highest BCUT2D eigenvalue weighted by Gasteiger charge is 2.20.